The molecule has 0 spiro atoms. The monoisotopic (exact) mass is 439 g/mol. The second kappa shape index (κ2) is 9.69. The number of nitrogens with zero attached hydrogens (tertiary/aromatic N) is 3. The van der Waals surface area contributed by atoms with Crippen LogP contribution in [0.25, 0.3) is 0 Å². The van der Waals surface area contributed by atoms with Crippen LogP contribution in [0.15, 0.2) is 91.5 Å². The lowest BCUT2D eigenvalue weighted by Gasteiger charge is -2.12. The molecule has 1 atom stereocenters. The first-order valence-corrected chi connectivity index (χ1v) is 10.3. The van der Waals surface area contributed by atoms with Gasteiger partial charge in [0, 0.05) is 28.1 Å². The average Bonchev–Trinajstić information content (AvgIpc) is 3.40. The molecular formula is C25H21N5O3. The van der Waals surface area contributed by atoms with Gasteiger partial charge >= 0.3 is 0 Å². The second-order valence-electron chi connectivity index (χ2n) is 7.34. The highest BCUT2D eigenvalue weighted by Crippen LogP contribution is 2.17. The molecule has 4 aromatic rings. The number of benzene rings is 3. The van der Waals surface area contributed by atoms with Crippen molar-refractivity contribution in [3.8, 4) is 0 Å². The molecule has 0 saturated carbocycles. The Kier molecular flexibility index (Phi) is 6.36. The van der Waals surface area contributed by atoms with Crippen LogP contribution < -0.4 is 10.6 Å². The number of nitrogens with one attached hydrogen (secondary N) is 2. The maximum absolute atomic E-state index is 12.6. The molecule has 0 fully saturated rings. The third kappa shape index (κ3) is 5.19. The Bertz CT molecular complexity index is 1250. The molecule has 164 valence electrons. The summed E-state index contributed by atoms with van der Waals surface area (Å²) in [5.74, 6) is -0.633. The lowest BCUT2D eigenvalue weighted by Crippen LogP contribution is -2.24. The maximum Gasteiger partial charge on any atom is 0.255 e. The van der Waals surface area contributed by atoms with Crippen molar-refractivity contribution in [1.82, 2.24) is 14.8 Å². The summed E-state index contributed by atoms with van der Waals surface area (Å²) in [5.41, 5.74) is 2.70. The molecule has 0 aliphatic heterocycles. The van der Waals surface area contributed by atoms with E-state index >= 15 is 0 Å². The largest absolute Gasteiger partial charge is 0.324 e. The number of anilines is 2. The van der Waals surface area contributed by atoms with Crippen LogP contribution in [0.4, 0.5) is 11.4 Å². The SMILES string of the molecule is CC(C(=O)Nc1ccc(NC(=O)c2ccc(C(=O)c3ccccc3)cc2)cc1)n1cncn1. The Morgan fingerprint density at radius 3 is 1.94 bits per heavy atom. The van der Waals surface area contributed by atoms with Gasteiger partial charge in [-0.25, -0.2) is 9.67 Å². The highest BCUT2D eigenvalue weighted by molar-refractivity contribution is 6.10. The molecule has 2 amide bonds. The van der Waals surface area contributed by atoms with Crippen LogP contribution >= 0.6 is 0 Å². The van der Waals surface area contributed by atoms with E-state index in [4.69, 9.17) is 0 Å². The summed E-state index contributed by atoms with van der Waals surface area (Å²) in [7, 11) is 0. The Hall–Kier alpha value is -4.59. The Morgan fingerprint density at radius 1 is 0.758 bits per heavy atom. The molecular weight excluding hydrogens is 418 g/mol. The summed E-state index contributed by atoms with van der Waals surface area (Å²) < 4.78 is 1.46. The summed E-state index contributed by atoms with van der Waals surface area (Å²) in [5, 5.41) is 9.57. The molecule has 1 unspecified atom stereocenters. The molecule has 0 bridgehead atoms. The molecule has 2 N–H and O–H groups in total. The van der Waals surface area contributed by atoms with Crippen LogP contribution in [-0.4, -0.2) is 32.4 Å². The second-order valence-corrected chi connectivity index (χ2v) is 7.34. The van der Waals surface area contributed by atoms with Gasteiger partial charge in [0.25, 0.3) is 5.91 Å². The highest BCUT2D eigenvalue weighted by Gasteiger charge is 2.16. The van der Waals surface area contributed by atoms with Crippen molar-refractivity contribution in [2.75, 3.05) is 10.6 Å². The van der Waals surface area contributed by atoms with E-state index in [9.17, 15) is 14.4 Å². The Balaban J connectivity index is 1.35. The summed E-state index contributed by atoms with van der Waals surface area (Å²) >= 11 is 0. The fraction of sp³-hybridized carbons (Fsp3) is 0.0800. The van der Waals surface area contributed by atoms with E-state index in [1.165, 1.54) is 17.3 Å². The number of ketones is 1. The summed E-state index contributed by atoms with van der Waals surface area (Å²) in [4.78, 5) is 41.2. The molecule has 0 aliphatic rings. The summed E-state index contributed by atoms with van der Waals surface area (Å²) in [6.45, 7) is 1.72. The minimum absolute atomic E-state index is 0.0988. The Labute approximate surface area is 190 Å². The zero-order valence-corrected chi connectivity index (χ0v) is 17.8. The van der Waals surface area contributed by atoms with Gasteiger partial charge in [-0.1, -0.05) is 42.5 Å². The van der Waals surface area contributed by atoms with E-state index in [0.717, 1.165) is 0 Å². The van der Waals surface area contributed by atoms with Gasteiger partial charge in [0.15, 0.2) is 5.78 Å². The minimum atomic E-state index is -0.511. The van der Waals surface area contributed by atoms with Crippen LogP contribution in [0, 0.1) is 0 Å². The number of carbonyl (C=O) groups excluding carboxylic acids is 3. The van der Waals surface area contributed by atoms with Crippen LogP contribution in [0.2, 0.25) is 0 Å². The molecule has 3 aromatic carbocycles. The lowest BCUT2D eigenvalue weighted by molar-refractivity contribution is -0.119. The standard InChI is InChI=1S/C25H21N5O3/c1-17(30-16-26-15-27-30)24(32)28-21-11-13-22(14-12-21)29-25(33)20-9-7-19(8-10-20)23(31)18-5-3-2-4-6-18/h2-17H,1H3,(H,28,32)(H,29,33). The zero-order chi connectivity index (χ0) is 23.2. The first-order chi connectivity index (χ1) is 16.0. The van der Waals surface area contributed by atoms with Gasteiger partial charge < -0.3 is 10.6 Å². The van der Waals surface area contributed by atoms with Gasteiger partial charge in [0.1, 0.15) is 18.7 Å². The van der Waals surface area contributed by atoms with E-state index in [1.807, 2.05) is 18.2 Å². The van der Waals surface area contributed by atoms with Crippen molar-refractivity contribution >= 4 is 29.0 Å². The zero-order valence-electron chi connectivity index (χ0n) is 17.8. The number of aromatic nitrogens is 3. The lowest BCUT2D eigenvalue weighted by atomic mass is 10.0. The molecule has 33 heavy (non-hydrogen) atoms. The number of hydrogen-bond donors (Lipinski definition) is 2. The molecule has 0 saturated heterocycles. The van der Waals surface area contributed by atoms with Gasteiger partial charge in [-0.2, -0.15) is 5.10 Å². The molecule has 0 aliphatic carbocycles. The van der Waals surface area contributed by atoms with E-state index in [-0.39, 0.29) is 17.6 Å². The van der Waals surface area contributed by atoms with Crippen LogP contribution in [0.1, 0.15) is 39.2 Å². The van der Waals surface area contributed by atoms with E-state index in [1.54, 1.807) is 67.6 Å². The minimum Gasteiger partial charge on any atom is -0.324 e. The van der Waals surface area contributed by atoms with Gasteiger partial charge in [-0.3, -0.25) is 14.4 Å². The molecule has 0 radical (unpaired) electrons. The smallest absolute Gasteiger partial charge is 0.255 e. The van der Waals surface area contributed by atoms with E-state index in [0.29, 0.717) is 28.1 Å². The fourth-order valence-corrected chi connectivity index (χ4v) is 3.15. The Morgan fingerprint density at radius 2 is 1.33 bits per heavy atom. The molecule has 1 heterocycles. The van der Waals surface area contributed by atoms with E-state index in [2.05, 4.69) is 20.7 Å². The first-order valence-electron chi connectivity index (χ1n) is 10.3. The van der Waals surface area contributed by atoms with Gasteiger partial charge in [0.05, 0.1) is 0 Å². The normalized spacial score (nSPS) is 11.4. The third-order valence-corrected chi connectivity index (χ3v) is 5.07. The van der Waals surface area contributed by atoms with Crippen molar-refractivity contribution in [2.24, 2.45) is 0 Å². The van der Waals surface area contributed by atoms with Crippen LogP contribution in [-0.2, 0) is 4.79 Å². The maximum atomic E-state index is 12.6. The quantitative estimate of drug-likeness (QED) is 0.424. The summed E-state index contributed by atoms with van der Waals surface area (Å²) in [6.07, 6.45) is 2.85. The summed E-state index contributed by atoms with van der Waals surface area (Å²) in [6, 6.07) is 21.8. The average molecular weight is 439 g/mol. The van der Waals surface area contributed by atoms with E-state index < -0.39 is 6.04 Å². The predicted molar refractivity (Wildman–Crippen MR) is 124 cm³/mol. The predicted octanol–water partition coefficient (Wildman–Crippen LogP) is 3.96. The number of rotatable bonds is 7. The van der Waals surface area contributed by atoms with Gasteiger partial charge in [-0.05, 0) is 43.3 Å². The number of carbonyl (C=O) groups is 3. The van der Waals surface area contributed by atoms with Crippen molar-refractivity contribution in [3.63, 3.8) is 0 Å². The van der Waals surface area contributed by atoms with Crippen molar-refractivity contribution in [1.29, 1.82) is 0 Å². The topological polar surface area (TPSA) is 106 Å². The first kappa shape index (κ1) is 21.6. The van der Waals surface area contributed by atoms with Crippen molar-refractivity contribution < 1.29 is 14.4 Å². The molecule has 8 nitrogen and oxygen atoms in total. The molecule has 4 rings (SSSR count). The van der Waals surface area contributed by atoms with Crippen molar-refractivity contribution in [2.45, 2.75) is 13.0 Å². The number of hydrogen-bond acceptors (Lipinski definition) is 5. The fourth-order valence-electron chi connectivity index (χ4n) is 3.15. The molecule has 1 aromatic heterocycles. The third-order valence-electron chi connectivity index (χ3n) is 5.07. The number of amides is 2. The van der Waals surface area contributed by atoms with Gasteiger partial charge in [-0.15, -0.1) is 0 Å². The highest BCUT2D eigenvalue weighted by atomic mass is 16.2. The van der Waals surface area contributed by atoms with Crippen molar-refractivity contribution in [3.05, 3.63) is 108 Å². The molecule has 8 heteroatoms. The van der Waals surface area contributed by atoms with Crippen LogP contribution in [0.5, 0.6) is 0 Å². The van der Waals surface area contributed by atoms with Crippen LogP contribution in [0.3, 0.4) is 0 Å². The van der Waals surface area contributed by atoms with Gasteiger partial charge in [0.2, 0.25) is 5.91 Å².